The highest BCUT2D eigenvalue weighted by atomic mass is 16.1. The molecule has 4 heteroatoms. The van der Waals surface area contributed by atoms with Gasteiger partial charge in [-0.3, -0.25) is 9.69 Å². The van der Waals surface area contributed by atoms with E-state index in [1.807, 2.05) is 6.07 Å². The maximum absolute atomic E-state index is 12.3. The molecule has 0 radical (unpaired) electrons. The molecule has 1 unspecified atom stereocenters. The summed E-state index contributed by atoms with van der Waals surface area (Å²) in [5.41, 5.74) is 9.44. The van der Waals surface area contributed by atoms with Crippen molar-refractivity contribution in [3.8, 4) is 0 Å². The van der Waals surface area contributed by atoms with E-state index in [0.29, 0.717) is 17.8 Å². The van der Waals surface area contributed by atoms with Crippen molar-refractivity contribution >= 4 is 11.6 Å². The van der Waals surface area contributed by atoms with Gasteiger partial charge in [0, 0.05) is 30.9 Å². The van der Waals surface area contributed by atoms with Gasteiger partial charge in [-0.05, 0) is 54.6 Å². The fraction of sp³-hybridized carbons (Fsp3) is 0.381. The lowest BCUT2D eigenvalue weighted by atomic mass is 9.99. The van der Waals surface area contributed by atoms with Crippen LogP contribution in [-0.4, -0.2) is 23.9 Å². The van der Waals surface area contributed by atoms with E-state index in [4.69, 9.17) is 5.73 Å². The van der Waals surface area contributed by atoms with Gasteiger partial charge in [-0.2, -0.15) is 0 Å². The maximum atomic E-state index is 12.3. The number of likely N-dealkylation sites (tertiary alicyclic amines) is 1. The smallest absolute Gasteiger partial charge is 0.251 e. The number of hydrogen-bond acceptors (Lipinski definition) is 3. The first-order valence-corrected chi connectivity index (χ1v) is 9.04. The summed E-state index contributed by atoms with van der Waals surface area (Å²) in [6, 6.07) is 15.4. The van der Waals surface area contributed by atoms with Crippen molar-refractivity contribution in [3.05, 3.63) is 65.2 Å². The minimum absolute atomic E-state index is 0.0892. The average Bonchev–Trinajstić information content (AvgIpc) is 2.61. The minimum atomic E-state index is -0.0892. The van der Waals surface area contributed by atoms with E-state index in [1.54, 1.807) is 24.3 Å². The zero-order valence-corrected chi connectivity index (χ0v) is 14.9. The molecule has 0 bridgehead atoms. The minimum Gasteiger partial charge on any atom is -0.399 e. The van der Waals surface area contributed by atoms with Gasteiger partial charge in [0.05, 0.1) is 0 Å². The molecule has 4 nitrogen and oxygen atoms in total. The van der Waals surface area contributed by atoms with Gasteiger partial charge < -0.3 is 11.1 Å². The Morgan fingerprint density at radius 2 is 2.00 bits per heavy atom. The van der Waals surface area contributed by atoms with Crippen LogP contribution in [0.15, 0.2) is 48.5 Å². The molecule has 3 rings (SSSR count). The third-order valence-corrected chi connectivity index (χ3v) is 4.84. The van der Waals surface area contributed by atoms with E-state index in [9.17, 15) is 4.79 Å². The van der Waals surface area contributed by atoms with Crippen molar-refractivity contribution in [2.45, 2.75) is 32.9 Å². The molecule has 1 amide bonds. The largest absolute Gasteiger partial charge is 0.399 e. The molecular formula is C21H27N3O. The van der Waals surface area contributed by atoms with Gasteiger partial charge in [-0.15, -0.1) is 0 Å². The van der Waals surface area contributed by atoms with Gasteiger partial charge in [-0.25, -0.2) is 0 Å². The van der Waals surface area contributed by atoms with Crippen molar-refractivity contribution in [1.82, 2.24) is 10.2 Å². The van der Waals surface area contributed by atoms with Crippen LogP contribution < -0.4 is 11.1 Å². The molecule has 2 aromatic rings. The molecule has 0 aliphatic carbocycles. The first-order valence-electron chi connectivity index (χ1n) is 9.04. The third kappa shape index (κ3) is 4.83. The molecular weight excluding hydrogens is 310 g/mol. The number of anilines is 1. The number of carbonyl (C=O) groups excluding carboxylic acids is 1. The second-order valence-corrected chi connectivity index (χ2v) is 7.06. The molecule has 1 atom stereocenters. The predicted molar refractivity (Wildman–Crippen MR) is 102 cm³/mol. The van der Waals surface area contributed by atoms with Crippen LogP contribution in [0.4, 0.5) is 5.69 Å². The van der Waals surface area contributed by atoms with Crippen molar-refractivity contribution in [1.29, 1.82) is 0 Å². The zero-order valence-electron chi connectivity index (χ0n) is 14.9. The summed E-state index contributed by atoms with van der Waals surface area (Å²) in [6.45, 7) is 6.13. The molecule has 1 fully saturated rings. The third-order valence-electron chi connectivity index (χ3n) is 4.84. The Morgan fingerprint density at radius 3 is 2.76 bits per heavy atom. The van der Waals surface area contributed by atoms with Crippen LogP contribution in [-0.2, 0) is 13.1 Å². The van der Waals surface area contributed by atoms with E-state index in [1.165, 1.54) is 24.0 Å². The Labute approximate surface area is 150 Å². The molecule has 1 saturated heterocycles. The number of carbonyl (C=O) groups is 1. The first-order chi connectivity index (χ1) is 12.1. The molecule has 3 N–H and O–H groups in total. The topological polar surface area (TPSA) is 58.4 Å². The molecule has 1 aliphatic rings. The molecule has 0 aromatic heterocycles. The second kappa shape index (κ2) is 8.17. The van der Waals surface area contributed by atoms with Gasteiger partial charge in [-0.1, -0.05) is 37.3 Å². The van der Waals surface area contributed by atoms with E-state index in [0.717, 1.165) is 25.6 Å². The highest BCUT2D eigenvalue weighted by molar-refractivity contribution is 5.94. The maximum Gasteiger partial charge on any atom is 0.251 e. The zero-order chi connectivity index (χ0) is 17.6. The Morgan fingerprint density at radius 1 is 1.20 bits per heavy atom. The van der Waals surface area contributed by atoms with Gasteiger partial charge in [0.15, 0.2) is 0 Å². The number of hydrogen-bond donors (Lipinski definition) is 2. The van der Waals surface area contributed by atoms with Gasteiger partial charge in [0.25, 0.3) is 5.91 Å². The SMILES string of the molecule is CC1CCCN(Cc2ccccc2CNC(=O)c2cccc(N)c2)C1. The normalized spacial score (nSPS) is 18.0. The fourth-order valence-corrected chi connectivity index (χ4v) is 3.51. The predicted octanol–water partition coefficient (Wildman–Crippen LogP) is 3.43. The summed E-state index contributed by atoms with van der Waals surface area (Å²) >= 11 is 0. The number of rotatable bonds is 5. The number of benzene rings is 2. The van der Waals surface area contributed by atoms with Gasteiger partial charge in [0.1, 0.15) is 0 Å². The summed E-state index contributed by atoms with van der Waals surface area (Å²) in [5.74, 6) is 0.679. The summed E-state index contributed by atoms with van der Waals surface area (Å²) < 4.78 is 0. The lowest BCUT2D eigenvalue weighted by molar-refractivity contribution is 0.0950. The fourth-order valence-electron chi connectivity index (χ4n) is 3.51. The summed E-state index contributed by atoms with van der Waals surface area (Å²) in [6.07, 6.45) is 2.60. The second-order valence-electron chi connectivity index (χ2n) is 7.06. The number of nitrogens with two attached hydrogens (primary N) is 1. The highest BCUT2D eigenvalue weighted by Gasteiger charge is 2.17. The van der Waals surface area contributed by atoms with Crippen LogP contribution in [0.2, 0.25) is 0 Å². The first kappa shape index (κ1) is 17.5. The molecule has 1 heterocycles. The molecule has 0 saturated carbocycles. The van der Waals surface area contributed by atoms with Crippen LogP contribution in [0.5, 0.6) is 0 Å². The van der Waals surface area contributed by atoms with Crippen LogP contribution in [0, 0.1) is 5.92 Å². The number of nitrogens with zero attached hydrogens (tertiary/aromatic N) is 1. The monoisotopic (exact) mass is 337 g/mol. The Kier molecular flexibility index (Phi) is 5.71. The Bertz CT molecular complexity index is 729. The van der Waals surface area contributed by atoms with Crippen molar-refractivity contribution in [2.24, 2.45) is 5.92 Å². The van der Waals surface area contributed by atoms with E-state index in [-0.39, 0.29) is 5.91 Å². The molecule has 0 spiro atoms. The van der Waals surface area contributed by atoms with Crippen molar-refractivity contribution in [2.75, 3.05) is 18.8 Å². The standard InChI is InChI=1S/C21H27N3O/c1-16-6-5-11-24(14-16)15-19-8-3-2-7-18(19)13-23-21(25)17-9-4-10-20(22)12-17/h2-4,7-10,12,16H,5-6,11,13-15,22H2,1H3,(H,23,25). The Balaban J connectivity index is 1.63. The summed E-state index contributed by atoms with van der Waals surface area (Å²) in [4.78, 5) is 14.9. The summed E-state index contributed by atoms with van der Waals surface area (Å²) in [5, 5.41) is 3.02. The molecule has 25 heavy (non-hydrogen) atoms. The molecule has 132 valence electrons. The number of amides is 1. The van der Waals surface area contributed by atoms with E-state index >= 15 is 0 Å². The van der Waals surface area contributed by atoms with Crippen molar-refractivity contribution in [3.63, 3.8) is 0 Å². The lowest BCUT2D eigenvalue weighted by Gasteiger charge is -2.31. The Hall–Kier alpha value is -2.33. The molecule has 2 aromatic carbocycles. The molecule has 1 aliphatic heterocycles. The van der Waals surface area contributed by atoms with Crippen LogP contribution in [0.3, 0.4) is 0 Å². The van der Waals surface area contributed by atoms with E-state index in [2.05, 4.69) is 35.3 Å². The number of nitrogens with one attached hydrogen (secondary N) is 1. The number of nitrogen functional groups attached to an aromatic ring is 1. The van der Waals surface area contributed by atoms with Gasteiger partial charge in [0.2, 0.25) is 0 Å². The van der Waals surface area contributed by atoms with Crippen LogP contribution >= 0.6 is 0 Å². The van der Waals surface area contributed by atoms with Crippen LogP contribution in [0.1, 0.15) is 41.3 Å². The highest BCUT2D eigenvalue weighted by Crippen LogP contribution is 2.19. The average molecular weight is 337 g/mol. The lowest BCUT2D eigenvalue weighted by Crippen LogP contribution is -2.34. The van der Waals surface area contributed by atoms with Crippen LogP contribution in [0.25, 0.3) is 0 Å². The van der Waals surface area contributed by atoms with E-state index < -0.39 is 0 Å². The quantitative estimate of drug-likeness (QED) is 0.822. The van der Waals surface area contributed by atoms with Crippen molar-refractivity contribution < 1.29 is 4.79 Å². The number of piperidine rings is 1. The summed E-state index contributed by atoms with van der Waals surface area (Å²) in [7, 11) is 0. The van der Waals surface area contributed by atoms with Gasteiger partial charge >= 0.3 is 0 Å².